The average Bonchev–Trinajstić information content (AvgIpc) is 2.09. The molecule has 0 fully saturated rings. The van der Waals surface area contributed by atoms with Crippen molar-refractivity contribution in [3.05, 3.63) is 0 Å². The summed E-state index contributed by atoms with van der Waals surface area (Å²) in [6.45, 7) is 2.21. The minimum atomic E-state index is -0.205. The number of halogens is 1. The highest BCUT2D eigenvalue weighted by atomic mass is 35.5. The van der Waals surface area contributed by atoms with Gasteiger partial charge in [-0.15, -0.1) is 0 Å². The number of carbonyl (C=O) groups is 1. The third-order valence-electron chi connectivity index (χ3n) is 1.52. The predicted molar refractivity (Wildman–Crippen MR) is 64.5 cm³/mol. The molecule has 0 rings (SSSR count). The molecule has 0 unspecified atom stereocenters. The van der Waals surface area contributed by atoms with Crippen LogP contribution >= 0.6 is 33.2 Å². The van der Waals surface area contributed by atoms with E-state index >= 15 is 0 Å². The van der Waals surface area contributed by atoms with Crippen LogP contribution in [0.4, 0.5) is 0 Å². The van der Waals surface area contributed by atoms with Gasteiger partial charge in [0.25, 0.3) is 0 Å². The van der Waals surface area contributed by atoms with E-state index in [-0.39, 0.29) is 5.24 Å². The van der Waals surface area contributed by atoms with Crippen molar-refractivity contribution in [1.82, 2.24) is 0 Å². The Balaban J connectivity index is 2.87. The molecule has 0 heterocycles. The van der Waals surface area contributed by atoms with Gasteiger partial charge in [0.1, 0.15) is 0 Å². The molecule has 4 heteroatoms. The predicted octanol–water partition coefficient (Wildman–Crippen LogP) is 4.10. The van der Waals surface area contributed by atoms with E-state index in [1.54, 1.807) is 0 Å². The van der Waals surface area contributed by atoms with E-state index in [0.29, 0.717) is 6.42 Å². The van der Waals surface area contributed by atoms with E-state index in [1.165, 1.54) is 18.6 Å². The largest absolute Gasteiger partial charge is 0.281 e. The molecule has 0 aromatic heterocycles. The zero-order chi connectivity index (χ0) is 9.94. The van der Waals surface area contributed by atoms with E-state index < -0.39 is 0 Å². The van der Waals surface area contributed by atoms with Crippen molar-refractivity contribution in [1.29, 1.82) is 0 Å². The lowest BCUT2D eigenvalue weighted by Crippen LogP contribution is -1.86. The Kier molecular flexibility index (Phi) is 11.3. The second-order valence-electron chi connectivity index (χ2n) is 2.81. The molecule has 1 nitrogen and oxygen atoms in total. The van der Waals surface area contributed by atoms with Crippen LogP contribution in [0.15, 0.2) is 0 Å². The molecule has 0 aromatic rings. The molecule has 0 aliphatic rings. The molecule has 0 spiro atoms. The Hall–Kier alpha value is 0.660. The molecular formula is C9H17ClOS2. The monoisotopic (exact) mass is 240 g/mol. The number of unbranched alkanes of at least 4 members (excludes halogenated alkanes) is 2. The molecule has 0 N–H and O–H groups in total. The first-order chi connectivity index (χ1) is 6.27. The van der Waals surface area contributed by atoms with E-state index in [4.69, 9.17) is 11.6 Å². The van der Waals surface area contributed by atoms with Crippen LogP contribution in [0.2, 0.25) is 0 Å². The summed E-state index contributed by atoms with van der Waals surface area (Å²) in [5, 5.41) is -0.205. The van der Waals surface area contributed by atoms with E-state index in [0.717, 1.165) is 18.6 Å². The van der Waals surface area contributed by atoms with Crippen LogP contribution in [0.1, 0.15) is 39.0 Å². The van der Waals surface area contributed by atoms with Crippen molar-refractivity contribution >= 4 is 38.4 Å². The summed E-state index contributed by atoms with van der Waals surface area (Å²) < 4.78 is 0. The fourth-order valence-electron chi connectivity index (χ4n) is 0.746. The number of hydrogen-bond acceptors (Lipinski definition) is 3. The normalized spacial score (nSPS) is 10.3. The van der Waals surface area contributed by atoms with Crippen molar-refractivity contribution in [2.45, 2.75) is 39.0 Å². The van der Waals surface area contributed by atoms with Crippen molar-refractivity contribution in [2.24, 2.45) is 0 Å². The first kappa shape index (κ1) is 13.7. The van der Waals surface area contributed by atoms with Crippen molar-refractivity contribution < 1.29 is 4.79 Å². The number of hydrogen-bond donors (Lipinski definition) is 0. The summed E-state index contributed by atoms with van der Waals surface area (Å²) >= 11 is 5.21. The van der Waals surface area contributed by atoms with E-state index in [9.17, 15) is 4.79 Å². The molecule has 0 aliphatic heterocycles. The Labute approximate surface area is 93.8 Å². The summed E-state index contributed by atoms with van der Waals surface area (Å²) in [4.78, 5) is 10.4. The summed E-state index contributed by atoms with van der Waals surface area (Å²) in [5.41, 5.74) is 0. The zero-order valence-electron chi connectivity index (χ0n) is 8.05. The van der Waals surface area contributed by atoms with Gasteiger partial charge in [-0.3, -0.25) is 4.79 Å². The molecule has 0 saturated carbocycles. The Morgan fingerprint density at radius 2 is 1.77 bits per heavy atom. The van der Waals surface area contributed by atoms with Crippen LogP contribution in [0, 0.1) is 0 Å². The first-order valence-corrected chi connectivity index (χ1v) is 7.56. The molecule has 78 valence electrons. The smallest absolute Gasteiger partial charge is 0.221 e. The van der Waals surface area contributed by atoms with Gasteiger partial charge >= 0.3 is 0 Å². The third kappa shape index (κ3) is 12.7. The SMILES string of the molecule is CCCCSSCCCCC(=O)Cl. The quantitative estimate of drug-likeness (QED) is 0.343. The molecule has 0 radical (unpaired) electrons. The van der Waals surface area contributed by atoms with Gasteiger partial charge in [-0.05, 0) is 30.9 Å². The molecule has 0 saturated heterocycles. The minimum absolute atomic E-state index is 0.205. The van der Waals surface area contributed by atoms with Crippen LogP contribution in [-0.4, -0.2) is 16.7 Å². The molecule has 0 bridgehead atoms. The van der Waals surface area contributed by atoms with E-state index in [1.807, 2.05) is 21.6 Å². The van der Waals surface area contributed by atoms with Crippen LogP contribution < -0.4 is 0 Å². The lowest BCUT2D eigenvalue weighted by Gasteiger charge is -1.99. The topological polar surface area (TPSA) is 17.1 Å². The third-order valence-corrected chi connectivity index (χ3v) is 4.28. The van der Waals surface area contributed by atoms with Gasteiger partial charge in [0.15, 0.2) is 0 Å². The van der Waals surface area contributed by atoms with Crippen molar-refractivity contribution in [2.75, 3.05) is 11.5 Å². The summed E-state index contributed by atoms with van der Waals surface area (Å²) in [6.07, 6.45) is 5.14. The first-order valence-electron chi connectivity index (χ1n) is 4.70. The summed E-state index contributed by atoms with van der Waals surface area (Å²) in [5.74, 6) is 2.38. The van der Waals surface area contributed by atoms with Crippen molar-refractivity contribution in [3.63, 3.8) is 0 Å². The molecule has 0 amide bonds. The van der Waals surface area contributed by atoms with Gasteiger partial charge in [0.05, 0.1) is 0 Å². The van der Waals surface area contributed by atoms with Crippen LogP contribution in [-0.2, 0) is 4.79 Å². The fraction of sp³-hybridized carbons (Fsp3) is 0.889. The molecule has 0 atom stereocenters. The van der Waals surface area contributed by atoms with Gasteiger partial charge in [-0.2, -0.15) is 0 Å². The fourth-order valence-corrected chi connectivity index (χ4v) is 3.26. The molecule has 13 heavy (non-hydrogen) atoms. The molecule has 0 aromatic carbocycles. The van der Waals surface area contributed by atoms with Gasteiger partial charge in [0.2, 0.25) is 5.24 Å². The highest BCUT2D eigenvalue weighted by Crippen LogP contribution is 2.23. The molecular weight excluding hydrogens is 224 g/mol. The van der Waals surface area contributed by atoms with Crippen LogP contribution in [0.5, 0.6) is 0 Å². The maximum absolute atomic E-state index is 10.4. The Morgan fingerprint density at radius 1 is 1.15 bits per heavy atom. The summed E-state index contributed by atoms with van der Waals surface area (Å²) in [6, 6.07) is 0. The summed E-state index contributed by atoms with van der Waals surface area (Å²) in [7, 11) is 3.84. The maximum Gasteiger partial charge on any atom is 0.221 e. The lowest BCUT2D eigenvalue weighted by molar-refractivity contribution is -0.111. The van der Waals surface area contributed by atoms with E-state index in [2.05, 4.69) is 6.92 Å². The van der Waals surface area contributed by atoms with Crippen LogP contribution in [0.25, 0.3) is 0 Å². The Morgan fingerprint density at radius 3 is 2.31 bits per heavy atom. The molecule has 0 aliphatic carbocycles. The maximum atomic E-state index is 10.4. The standard InChI is InChI=1S/C9H17ClOS2/c1-2-3-7-12-13-8-5-4-6-9(10)11/h2-8H2,1H3. The van der Waals surface area contributed by atoms with Gasteiger partial charge in [-0.25, -0.2) is 0 Å². The minimum Gasteiger partial charge on any atom is -0.281 e. The lowest BCUT2D eigenvalue weighted by atomic mass is 10.3. The van der Waals surface area contributed by atoms with Crippen LogP contribution in [0.3, 0.4) is 0 Å². The zero-order valence-corrected chi connectivity index (χ0v) is 10.4. The highest BCUT2D eigenvalue weighted by molar-refractivity contribution is 8.76. The van der Waals surface area contributed by atoms with Crippen molar-refractivity contribution in [3.8, 4) is 0 Å². The van der Waals surface area contributed by atoms with Gasteiger partial charge < -0.3 is 0 Å². The second kappa shape index (κ2) is 10.7. The second-order valence-corrected chi connectivity index (χ2v) is 5.93. The number of carbonyl (C=O) groups excluding carboxylic acids is 1. The highest BCUT2D eigenvalue weighted by Gasteiger charge is 1.96. The Bertz CT molecular complexity index is 131. The number of rotatable bonds is 9. The van der Waals surface area contributed by atoms with Gasteiger partial charge in [-0.1, -0.05) is 34.9 Å². The average molecular weight is 241 g/mol. The van der Waals surface area contributed by atoms with Gasteiger partial charge in [0, 0.05) is 17.9 Å².